The van der Waals surface area contributed by atoms with Gasteiger partial charge in [-0.2, -0.15) is 0 Å². The molecule has 0 unspecified atom stereocenters. The second-order valence-corrected chi connectivity index (χ2v) is 2.91. The van der Waals surface area contributed by atoms with Crippen LogP contribution in [0.4, 0.5) is 4.79 Å². The van der Waals surface area contributed by atoms with Crippen molar-refractivity contribution in [2.75, 3.05) is 0 Å². The van der Waals surface area contributed by atoms with Gasteiger partial charge in [0.05, 0.1) is 0 Å². The van der Waals surface area contributed by atoms with Gasteiger partial charge in [0.25, 0.3) is 0 Å². The number of hydrogen-bond donors (Lipinski definition) is 1. The van der Waals surface area contributed by atoms with Crippen LogP contribution in [0.1, 0.15) is 13.8 Å². The summed E-state index contributed by atoms with van der Waals surface area (Å²) in [5.41, 5.74) is -1.18. The van der Waals surface area contributed by atoms with Crippen molar-refractivity contribution < 1.29 is 14.6 Å². The number of nitrogens with one attached hydrogen (secondary N) is 1. The van der Waals surface area contributed by atoms with Crippen LogP contribution < -0.4 is 5.32 Å². The normalized spacial score (nSPS) is 21.0. The SMILES string of the molecule is CC1(C)NC(=O)N([N+](=O)[O-])C1=O. The smallest absolute Gasteiger partial charge is 0.319 e. The molecule has 0 aromatic rings. The topological polar surface area (TPSA) is 92.6 Å². The third-order valence-electron chi connectivity index (χ3n) is 1.50. The first kappa shape index (κ1) is 8.44. The third-order valence-corrected chi connectivity index (χ3v) is 1.50. The van der Waals surface area contributed by atoms with E-state index in [0.717, 1.165) is 0 Å². The summed E-state index contributed by atoms with van der Waals surface area (Å²) in [5.74, 6) is -0.850. The van der Waals surface area contributed by atoms with Crippen LogP contribution in [0.3, 0.4) is 0 Å². The maximum atomic E-state index is 11.1. The molecular formula is C5H7N3O4. The largest absolute Gasteiger partial charge is 0.385 e. The number of amides is 3. The van der Waals surface area contributed by atoms with E-state index in [1.165, 1.54) is 13.8 Å². The Bertz CT molecular complexity index is 272. The molecule has 1 rings (SSSR count). The molecule has 7 heteroatoms. The van der Waals surface area contributed by atoms with E-state index >= 15 is 0 Å². The van der Waals surface area contributed by atoms with Crippen LogP contribution in [0.2, 0.25) is 0 Å². The van der Waals surface area contributed by atoms with E-state index in [2.05, 4.69) is 5.32 Å². The molecule has 0 spiro atoms. The van der Waals surface area contributed by atoms with Gasteiger partial charge in [-0.3, -0.25) is 4.79 Å². The number of carbonyl (C=O) groups is 2. The third kappa shape index (κ3) is 0.987. The fourth-order valence-electron chi connectivity index (χ4n) is 0.879. The van der Waals surface area contributed by atoms with Gasteiger partial charge in [0.15, 0.2) is 5.03 Å². The summed E-state index contributed by atoms with van der Waals surface area (Å²) >= 11 is 0. The molecule has 1 saturated heterocycles. The summed E-state index contributed by atoms with van der Waals surface area (Å²) in [7, 11) is 0. The van der Waals surface area contributed by atoms with Gasteiger partial charge in [0.2, 0.25) is 0 Å². The van der Waals surface area contributed by atoms with Crippen LogP contribution in [0.5, 0.6) is 0 Å². The molecule has 1 aliphatic heterocycles. The minimum atomic E-state index is -1.18. The first-order valence-corrected chi connectivity index (χ1v) is 3.17. The van der Waals surface area contributed by atoms with E-state index in [9.17, 15) is 19.7 Å². The van der Waals surface area contributed by atoms with E-state index in [1.807, 2.05) is 0 Å². The lowest BCUT2D eigenvalue weighted by Crippen LogP contribution is -2.41. The van der Waals surface area contributed by atoms with Crippen molar-refractivity contribution in [1.82, 2.24) is 10.3 Å². The number of carbonyl (C=O) groups excluding carboxylic acids is 2. The Kier molecular flexibility index (Phi) is 1.52. The summed E-state index contributed by atoms with van der Waals surface area (Å²) in [6.07, 6.45) is 0. The number of hydrogen-bond acceptors (Lipinski definition) is 4. The molecule has 1 heterocycles. The molecule has 0 aromatic carbocycles. The van der Waals surface area contributed by atoms with Crippen molar-refractivity contribution in [3.8, 4) is 0 Å². The van der Waals surface area contributed by atoms with Crippen molar-refractivity contribution >= 4 is 11.9 Å². The van der Waals surface area contributed by atoms with Gasteiger partial charge in [-0.25, -0.2) is 14.9 Å². The molecule has 0 atom stereocenters. The Hall–Kier alpha value is -1.66. The van der Waals surface area contributed by atoms with Crippen LogP contribution in [-0.2, 0) is 4.79 Å². The second-order valence-electron chi connectivity index (χ2n) is 2.91. The standard InChI is InChI=1S/C5H7N3O4/c1-5(2)3(9)7(8(11)12)4(10)6-5/h1-2H3,(H,6,10). The molecule has 0 radical (unpaired) electrons. The Morgan fingerprint density at radius 1 is 1.50 bits per heavy atom. The molecule has 1 aliphatic rings. The van der Waals surface area contributed by atoms with Gasteiger partial charge in [0.1, 0.15) is 5.54 Å². The second kappa shape index (κ2) is 2.16. The molecule has 12 heavy (non-hydrogen) atoms. The zero-order chi connectivity index (χ0) is 9.52. The van der Waals surface area contributed by atoms with Gasteiger partial charge in [0, 0.05) is 5.01 Å². The van der Waals surface area contributed by atoms with Gasteiger partial charge in [-0.05, 0) is 13.8 Å². The van der Waals surface area contributed by atoms with E-state index in [4.69, 9.17) is 0 Å². The molecule has 3 amide bonds. The molecular weight excluding hydrogens is 166 g/mol. The summed E-state index contributed by atoms with van der Waals surface area (Å²) in [5, 5.41) is 11.3. The van der Waals surface area contributed by atoms with Crippen molar-refractivity contribution in [2.45, 2.75) is 19.4 Å². The highest BCUT2D eigenvalue weighted by atomic mass is 16.7. The Morgan fingerprint density at radius 3 is 2.17 bits per heavy atom. The molecule has 66 valence electrons. The molecule has 0 bridgehead atoms. The maximum Gasteiger partial charge on any atom is 0.385 e. The predicted octanol–water partition coefficient (Wildman–Crippen LogP) is -0.491. The molecule has 0 aliphatic carbocycles. The van der Waals surface area contributed by atoms with Gasteiger partial charge < -0.3 is 5.32 Å². The highest BCUT2D eigenvalue weighted by molar-refractivity contribution is 6.05. The lowest BCUT2D eigenvalue weighted by molar-refractivity contribution is -0.610. The quantitative estimate of drug-likeness (QED) is 0.329. The Morgan fingerprint density at radius 2 is 2.00 bits per heavy atom. The average Bonchev–Trinajstić information content (AvgIpc) is 2.02. The van der Waals surface area contributed by atoms with E-state index in [1.54, 1.807) is 0 Å². The first-order valence-electron chi connectivity index (χ1n) is 3.17. The number of urea groups is 1. The maximum absolute atomic E-state index is 11.1. The number of nitrogens with zero attached hydrogens (tertiary/aromatic N) is 2. The minimum Gasteiger partial charge on any atom is -0.319 e. The Balaban J connectivity index is 3.01. The molecule has 0 aromatic heterocycles. The minimum absolute atomic E-state index is 0.0278. The highest BCUT2D eigenvalue weighted by Crippen LogP contribution is 2.15. The molecule has 0 saturated carbocycles. The highest BCUT2D eigenvalue weighted by Gasteiger charge is 2.51. The molecule has 7 nitrogen and oxygen atoms in total. The molecule has 1 N–H and O–H groups in total. The van der Waals surface area contributed by atoms with Crippen LogP contribution >= 0.6 is 0 Å². The fraction of sp³-hybridized carbons (Fsp3) is 0.600. The Labute approximate surface area is 67.4 Å². The van der Waals surface area contributed by atoms with Crippen molar-refractivity contribution in [3.63, 3.8) is 0 Å². The fourth-order valence-corrected chi connectivity index (χ4v) is 0.879. The molecule has 1 fully saturated rings. The lowest BCUT2D eigenvalue weighted by Gasteiger charge is -2.10. The summed E-state index contributed by atoms with van der Waals surface area (Å²) in [6, 6.07) is -0.991. The van der Waals surface area contributed by atoms with Crippen LogP contribution in [0.25, 0.3) is 0 Å². The number of rotatable bonds is 1. The van der Waals surface area contributed by atoms with Gasteiger partial charge in [-0.15, -0.1) is 0 Å². The zero-order valence-electron chi connectivity index (χ0n) is 6.53. The average molecular weight is 173 g/mol. The van der Waals surface area contributed by atoms with Crippen molar-refractivity contribution in [2.24, 2.45) is 0 Å². The summed E-state index contributed by atoms with van der Waals surface area (Å²) in [4.78, 5) is 32.0. The van der Waals surface area contributed by atoms with Gasteiger partial charge >= 0.3 is 11.9 Å². The van der Waals surface area contributed by atoms with E-state index in [0.29, 0.717) is 0 Å². The van der Waals surface area contributed by atoms with E-state index in [-0.39, 0.29) is 5.01 Å². The summed E-state index contributed by atoms with van der Waals surface area (Å²) < 4.78 is 0. The first-order chi connectivity index (χ1) is 5.36. The van der Waals surface area contributed by atoms with E-state index < -0.39 is 22.5 Å². The van der Waals surface area contributed by atoms with Crippen LogP contribution in [0.15, 0.2) is 0 Å². The number of nitro groups is 1. The monoisotopic (exact) mass is 173 g/mol. The zero-order valence-corrected chi connectivity index (χ0v) is 6.53. The van der Waals surface area contributed by atoms with Crippen LogP contribution in [0, 0.1) is 10.1 Å². The van der Waals surface area contributed by atoms with Crippen molar-refractivity contribution in [1.29, 1.82) is 0 Å². The number of imide groups is 1. The predicted molar refractivity (Wildman–Crippen MR) is 36.5 cm³/mol. The van der Waals surface area contributed by atoms with Gasteiger partial charge in [-0.1, -0.05) is 0 Å². The number of hydrazine groups is 1. The van der Waals surface area contributed by atoms with Crippen LogP contribution in [-0.4, -0.2) is 27.5 Å². The summed E-state index contributed by atoms with van der Waals surface area (Å²) in [6.45, 7) is 2.80. The van der Waals surface area contributed by atoms with Crippen molar-refractivity contribution in [3.05, 3.63) is 10.1 Å². The lowest BCUT2D eigenvalue weighted by atomic mass is 10.1.